The molecule has 0 aliphatic heterocycles. The van der Waals surface area contributed by atoms with Crippen molar-refractivity contribution in [1.29, 1.82) is 0 Å². The third-order valence-corrected chi connectivity index (χ3v) is 8.81. The van der Waals surface area contributed by atoms with Gasteiger partial charge in [0.25, 0.3) is 0 Å². The second-order valence-corrected chi connectivity index (χ2v) is 10.3. The van der Waals surface area contributed by atoms with Gasteiger partial charge in [0.2, 0.25) is 0 Å². The number of esters is 1. The van der Waals surface area contributed by atoms with Gasteiger partial charge in [0, 0.05) is 6.92 Å². The van der Waals surface area contributed by atoms with E-state index < -0.39 is 11.2 Å². The van der Waals surface area contributed by atoms with Crippen molar-refractivity contribution in [1.82, 2.24) is 0 Å². The molecule has 1 spiro atoms. The highest BCUT2D eigenvalue weighted by molar-refractivity contribution is 5.66. The minimum atomic E-state index is -0.846. The van der Waals surface area contributed by atoms with Gasteiger partial charge in [-0.3, -0.25) is 4.79 Å². The molecule has 2 N–H and O–H groups in total. The van der Waals surface area contributed by atoms with Gasteiger partial charge in [0.05, 0.1) is 5.60 Å². The summed E-state index contributed by atoms with van der Waals surface area (Å²) in [6.07, 6.45) is 9.41. The van der Waals surface area contributed by atoms with Gasteiger partial charge in [-0.25, -0.2) is 0 Å². The number of ether oxygens (including phenoxy) is 1. The van der Waals surface area contributed by atoms with Gasteiger partial charge in [0.1, 0.15) is 12.2 Å². The van der Waals surface area contributed by atoms with Crippen LogP contribution in [0.25, 0.3) is 0 Å². The van der Waals surface area contributed by atoms with Crippen LogP contribution >= 0.6 is 0 Å². The third kappa shape index (κ3) is 2.50. The molecule has 4 aliphatic carbocycles. The number of hydrogen-bond donors (Lipinski definition) is 2. The van der Waals surface area contributed by atoms with E-state index in [1.54, 1.807) is 0 Å². The summed E-state index contributed by atoms with van der Waals surface area (Å²) in [6.45, 7) is 6.03. The Morgan fingerprint density at radius 2 is 1.84 bits per heavy atom. The molecule has 0 aromatic carbocycles. The SMILES string of the molecule is CC(=O)OCC1(O)CC23CCC4C(C)(O)CCCC4(C)C2CCC1C3. The molecule has 4 aliphatic rings. The van der Waals surface area contributed by atoms with Gasteiger partial charge in [-0.15, -0.1) is 0 Å². The van der Waals surface area contributed by atoms with Gasteiger partial charge >= 0.3 is 5.97 Å². The first-order valence-electron chi connectivity index (χ1n) is 10.2. The van der Waals surface area contributed by atoms with Crippen LogP contribution in [0, 0.1) is 28.6 Å². The average molecular weight is 350 g/mol. The van der Waals surface area contributed by atoms with Crippen molar-refractivity contribution in [2.24, 2.45) is 28.6 Å². The minimum Gasteiger partial charge on any atom is -0.463 e. The summed E-state index contributed by atoms with van der Waals surface area (Å²) in [5, 5.41) is 22.3. The number of carbonyl (C=O) groups excluding carboxylic acids is 1. The number of rotatable bonds is 2. The van der Waals surface area contributed by atoms with Crippen molar-refractivity contribution < 1.29 is 19.7 Å². The topological polar surface area (TPSA) is 66.8 Å². The molecule has 0 amide bonds. The first kappa shape index (κ1) is 17.8. The Labute approximate surface area is 151 Å². The van der Waals surface area contributed by atoms with E-state index in [0.717, 1.165) is 51.4 Å². The fourth-order valence-electron chi connectivity index (χ4n) is 7.98. The highest BCUT2D eigenvalue weighted by atomic mass is 16.5. The Morgan fingerprint density at radius 3 is 2.56 bits per heavy atom. The molecule has 0 aromatic rings. The van der Waals surface area contributed by atoms with E-state index in [-0.39, 0.29) is 29.3 Å². The summed E-state index contributed by atoms with van der Waals surface area (Å²) in [4.78, 5) is 11.3. The summed E-state index contributed by atoms with van der Waals surface area (Å²) in [6, 6.07) is 0. The Bertz CT molecular complexity index is 572. The highest BCUT2D eigenvalue weighted by Crippen LogP contribution is 2.71. The molecule has 7 atom stereocenters. The largest absolute Gasteiger partial charge is 0.463 e. The summed E-state index contributed by atoms with van der Waals surface area (Å²) in [5.41, 5.74) is -1.03. The van der Waals surface area contributed by atoms with Crippen LogP contribution in [0.1, 0.15) is 78.6 Å². The maximum absolute atomic E-state index is 11.3. The molecule has 0 saturated heterocycles. The maximum Gasteiger partial charge on any atom is 0.302 e. The van der Waals surface area contributed by atoms with Gasteiger partial charge in [-0.05, 0) is 86.9 Å². The number of hydrogen-bond acceptors (Lipinski definition) is 4. The van der Waals surface area contributed by atoms with Crippen LogP contribution in [0.3, 0.4) is 0 Å². The molecule has 4 rings (SSSR count). The van der Waals surface area contributed by atoms with Crippen molar-refractivity contribution in [2.75, 3.05) is 6.61 Å². The fraction of sp³-hybridized carbons (Fsp3) is 0.952. The molecule has 0 aromatic heterocycles. The lowest BCUT2D eigenvalue weighted by Crippen LogP contribution is -2.58. The van der Waals surface area contributed by atoms with E-state index in [1.807, 2.05) is 6.92 Å². The van der Waals surface area contributed by atoms with Crippen LogP contribution < -0.4 is 0 Å². The van der Waals surface area contributed by atoms with Crippen LogP contribution in [-0.4, -0.2) is 34.0 Å². The zero-order valence-corrected chi connectivity index (χ0v) is 16.0. The lowest BCUT2D eigenvalue weighted by molar-refractivity contribution is -0.181. The van der Waals surface area contributed by atoms with Crippen LogP contribution in [-0.2, 0) is 9.53 Å². The van der Waals surface area contributed by atoms with E-state index in [0.29, 0.717) is 11.8 Å². The highest BCUT2D eigenvalue weighted by Gasteiger charge is 2.67. The molecule has 2 bridgehead atoms. The van der Waals surface area contributed by atoms with Crippen molar-refractivity contribution in [3.63, 3.8) is 0 Å². The molecule has 4 nitrogen and oxygen atoms in total. The zero-order valence-electron chi connectivity index (χ0n) is 16.0. The lowest BCUT2D eigenvalue weighted by atomic mass is 9.43. The molecular weight excluding hydrogens is 316 g/mol. The van der Waals surface area contributed by atoms with E-state index in [1.165, 1.54) is 13.3 Å². The molecule has 4 heteroatoms. The van der Waals surface area contributed by atoms with E-state index >= 15 is 0 Å². The third-order valence-electron chi connectivity index (χ3n) is 8.81. The van der Waals surface area contributed by atoms with Crippen LogP contribution in [0.5, 0.6) is 0 Å². The van der Waals surface area contributed by atoms with Gasteiger partial charge in [-0.2, -0.15) is 0 Å². The number of fused-ring (bicyclic) bond motifs is 3. The molecular formula is C21H34O4. The van der Waals surface area contributed by atoms with Gasteiger partial charge in [0.15, 0.2) is 0 Å². The molecule has 4 saturated carbocycles. The van der Waals surface area contributed by atoms with E-state index in [9.17, 15) is 15.0 Å². The smallest absolute Gasteiger partial charge is 0.302 e. The average Bonchev–Trinajstić information content (AvgIpc) is 2.71. The first-order chi connectivity index (χ1) is 11.6. The lowest BCUT2D eigenvalue weighted by Gasteiger charge is -2.63. The van der Waals surface area contributed by atoms with E-state index in [2.05, 4.69) is 6.92 Å². The van der Waals surface area contributed by atoms with Crippen LogP contribution in [0.2, 0.25) is 0 Å². The maximum atomic E-state index is 11.3. The summed E-state index contributed by atoms with van der Waals surface area (Å²) < 4.78 is 5.25. The molecule has 142 valence electrons. The Hall–Kier alpha value is -0.610. The van der Waals surface area contributed by atoms with Crippen LogP contribution in [0.4, 0.5) is 0 Å². The fourth-order valence-corrected chi connectivity index (χ4v) is 7.98. The standard InChI is InChI=1S/C21H34O4/c1-14(22)25-13-21(24)12-20-10-7-16-18(2,8-4-9-19(16,3)23)17(20)6-5-15(21)11-20/h15-17,23-24H,4-13H2,1-3H3. The van der Waals surface area contributed by atoms with Crippen molar-refractivity contribution in [3.05, 3.63) is 0 Å². The number of carbonyl (C=O) groups is 1. The monoisotopic (exact) mass is 350 g/mol. The molecule has 4 fully saturated rings. The molecule has 0 radical (unpaired) electrons. The Kier molecular flexibility index (Phi) is 3.88. The Morgan fingerprint density at radius 1 is 1.08 bits per heavy atom. The molecule has 25 heavy (non-hydrogen) atoms. The second-order valence-electron chi connectivity index (χ2n) is 10.3. The number of aliphatic hydroxyl groups is 2. The zero-order chi connectivity index (χ0) is 18.1. The molecule has 7 unspecified atom stereocenters. The van der Waals surface area contributed by atoms with Crippen molar-refractivity contribution in [3.8, 4) is 0 Å². The second kappa shape index (κ2) is 5.45. The summed E-state index contributed by atoms with van der Waals surface area (Å²) in [7, 11) is 0. The van der Waals surface area contributed by atoms with Gasteiger partial charge < -0.3 is 14.9 Å². The predicted molar refractivity (Wildman–Crippen MR) is 94.8 cm³/mol. The quantitative estimate of drug-likeness (QED) is 0.749. The minimum absolute atomic E-state index is 0.152. The Balaban J connectivity index is 1.63. The molecule has 0 heterocycles. The first-order valence-corrected chi connectivity index (χ1v) is 10.2. The van der Waals surface area contributed by atoms with Crippen molar-refractivity contribution >= 4 is 5.97 Å². The van der Waals surface area contributed by atoms with Crippen molar-refractivity contribution in [2.45, 2.75) is 89.8 Å². The predicted octanol–water partition coefficient (Wildman–Crippen LogP) is 3.44. The van der Waals surface area contributed by atoms with Crippen LogP contribution in [0.15, 0.2) is 0 Å². The van der Waals surface area contributed by atoms with Gasteiger partial charge in [-0.1, -0.05) is 13.3 Å². The normalized spacial score (nSPS) is 54.5. The van der Waals surface area contributed by atoms with E-state index in [4.69, 9.17) is 4.74 Å². The summed E-state index contributed by atoms with van der Waals surface area (Å²) >= 11 is 0. The summed E-state index contributed by atoms with van der Waals surface area (Å²) in [5.74, 6) is 0.909.